The fourth-order valence-electron chi connectivity index (χ4n) is 1.72. The molecule has 1 heterocycles. The Morgan fingerprint density at radius 1 is 1.24 bits per heavy atom. The van der Waals surface area contributed by atoms with Crippen molar-refractivity contribution < 1.29 is 9.53 Å². The summed E-state index contributed by atoms with van der Waals surface area (Å²) in [6.45, 7) is 2.86. The second kappa shape index (κ2) is 7.23. The van der Waals surface area contributed by atoms with Crippen molar-refractivity contribution in [2.45, 2.75) is 13.3 Å². The third-order valence-electron chi connectivity index (χ3n) is 2.80. The third-order valence-corrected chi connectivity index (χ3v) is 2.80. The van der Waals surface area contributed by atoms with Crippen LogP contribution in [0.3, 0.4) is 0 Å². The van der Waals surface area contributed by atoms with Crippen LogP contribution in [0.4, 0.5) is 11.6 Å². The van der Waals surface area contributed by atoms with Gasteiger partial charge in [0.25, 0.3) is 5.91 Å². The molecule has 1 aromatic heterocycles. The maximum Gasteiger partial charge on any atom is 0.258 e. The number of ether oxygens (including phenoxy) is 1. The molecule has 0 atom stereocenters. The van der Waals surface area contributed by atoms with Gasteiger partial charge in [-0.2, -0.15) is 0 Å². The van der Waals surface area contributed by atoms with E-state index in [1.807, 2.05) is 12.1 Å². The molecule has 0 saturated carbocycles. The molecule has 0 aliphatic carbocycles. The van der Waals surface area contributed by atoms with E-state index >= 15 is 0 Å². The van der Waals surface area contributed by atoms with Crippen molar-refractivity contribution in [1.29, 1.82) is 0 Å². The maximum absolute atomic E-state index is 12.1. The zero-order valence-electron chi connectivity index (χ0n) is 12.1. The van der Waals surface area contributed by atoms with Crippen LogP contribution in [-0.4, -0.2) is 29.5 Å². The number of para-hydroxylation sites is 2. The summed E-state index contributed by atoms with van der Waals surface area (Å²) in [4.78, 5) is 20.4. The first kappa shape index (κ1) is 14.8. The molecule has 0 unspecified atom stereocenters. The number of carbonyl (C=O) groups is 1. The molecule has 6 heteroatoms. The van der Waals surface area contributed by atoms with Crippen LogP contribution in [0.15, 0.2) is 36.7 Å². The molecule has 0 fully saturated rings. The SMILES string of the molecule is CCCNc1ncc(C(=O)Nc2ccccc2OC)cn1. The molecule has 1 amide bonds. The van der Waals surface area contributed by atoms with Gasteiger partial charge in [0.1, 0.15) is 5.75 Å². The van der Waals surface area contributed by atoms with Gasteiger partial charge in [-0.3, -0.25) is 4.79 Å². The van der Waals surface area contributed by atoms with Crippen LogP contribution in [0, 0.1) is 0 Å². The van der Waals surface area contributed by atoms with Crippen molar-refractivity contribution in [3.05, 3.63) is 42.2 Å². The normalized spacial score (nSPS) is 10.0. The van der Waals surface area contributed by atoms with E-state index in [1.54, 1.807) is 19.2 Å². The Hall–Kier alpha value is -2.63. The summed E-state index contributed by atoms with van der Waals surface area (Å²) in [7, 11) is 1.56. The van der Waals surface area contributed by atoms with Gasteiger partial charge in [0, 0.05) is 18.9 Å². The molecule has 0 aliphatic heterocycles. The number of carbonyl (C=O) groups excluding carboxylic acids is 1. The van der Waals surface area contributed by atoms with Crippen LogP contribution in [-0.2, 0) is 0 Å². The highest BCUT2D eigenvalue weighted by Crippen LogP contribution is 2.23. The first-order valence-corrected chi connectivity index (χ1v) is 6.75. The molecule has 21 heavy (non-hydrogen) atoms. The van der Waals surface area contributed by atoms with Crippen molar-refractivity contribution in [3.8, 4) is 5.75 Å². The van der Waals surface area contributed by atoms with Gasteiger partial charge >= 0.3 is 0 Å². The maximum atomic E-state index is 12.1. The van der Waals surface area contributed by atoms with E-state index in [4.69, 9.17) is 4.74 Å². The summed E-state index contributed by atoms with van der Waals surface area (Å²) in [5, 5.41) is 5.83. The number of nitrogens with one attached hydrogen (secondary N) is 2. The summed E-state index contributed by atoms with van der Waals surface area (Å²) in [6.07, 6.45) is 3.98. The molecule has 2 aromatic rings. The Balaban J connectivity index is 2.06. The number of anilines is 2. The van der Waals surface area contributed by atoms with Crippen molar-refractivity contribution in [2.24, 2.45) is 0 Å². The molecule has 0 radical (unpaired) electrons. The predicted octanol–water partition coefficient (Wildman–Crippen LogP) is 2.56. The average Bonchev–Trinajstić information content (AvgIpc) is 2.54. The molecule has 0 saturated heterocycles. The van der Waals surface area contributed by atoms with Crippen molar-refractivity contribution >= 4 is 17.5 Å². The molecule has 110 valence electrons. The molecule has 0 aliphatic rings. The number of methoxy groups -OCH3 is 1. The lowest BCUT2D eigenvalue weighted by Gasteiger charge is -2.09. The van der Waals surface area contributed by atoms with Gasteiger partial charge in [0.2, 0.25) is 5.95 Å². The summed E-state index contributed by atoms with van der Waals surface area (Å²) in [5.41, 5.74) is 1.00. The molecule has 1 aromatic carbocycles. The second-order valence-corrected chi connectivity index (χ2v) is 4.38. The summed E-state index contributed by atoms with van der Waals surface area (Å²) in [5.74, 6) is 0.847. The highest BCUT2D eigenvalue weighted by atomic mass is 16.5. The van der Waals surface area contributed by atoms with E-state index in [0.29, 0.717) is 22.9 Å². The van der Waals surface area contributed by atoms with Crippen LogP contribution in [0.25, 0.3) is 0 Å². The van der Waals surface area contributed by atoms with Gasteiger partial charge in [-0.1, -0.05) is 19.1 Å². The molecule has 6 nitrogen and oxygen atoms in total. The Bertz CT molecular complexity index is 599. The first-order chi connectivity index (χ1) is 10.2. The van der Waals surface area contributed by atoms with Crippen LogP contribution in [0.5, 0.6) is 5.75 Å². The second-order valence-electron chi connectivity index (χ2n) is 4.38. The number of aromatic nitrogens is 2. The molecule has 2 rings (SSSR count). The van der Waals surface area contributed by atoms with E-state index in [0.717, 1.165) is 13.0 Å². The van der Waals surface area contributed by atoms with E-state index < -0.39 is 0 Å². The number of hydrogen-bond acceptors (Lipinski definition) is 5. The fourth-order valence-corrected chi connectivity index (χ4v) is 1.72. The minimum Gasteiger partial charge on any atom is -0.495 e. The van der Waals surface area contributed by atoms with E-state index in [-0.39, 0.29) is 5.91 Å². The van der Waals surface area contributed by atoms with Gasteiger partial charge in [0.05, 0.1) is 18.4 Å². The number of amides is 1. The Morgan fingerprint density at radius 2 is 1.95 bits per heavy atom. The highest BCUT2D eigenvalue weighted by molar-refractivity contribution is 6.04. The fraction of sp³-hybridized carbons (Fsp3) is 0.267. The van der Waals surface area contributed by atoms with Crippen molar-refractivity contribution in [1.82, 2.24) is 9.97 Å². The lowest BCUT2D eigenvalue weighted by atomic mass is 10.2. The van der Waals surface area contributed by atoms with Crippen LogP contribution < -0.4 is 15.4 Å². The smallest absolute Gasteiger partial charge is 0.258 e. The molecular weight excluding hydrogens is 268 g/mol. The molecule has 2 N–H and O–H groups in total. The minimum atomic E-state index is -0.276. The lowest BCUT2D eigenvalue weighted by molar-refractivity contribution is 0.102. The van der Waals surface area contributed by atoms with E-state index in [1.165, 1.54) is 12.4 Å². The summed E-state index contributed by atoms with van der Waals surface area (Å²) in [6, 6.07) is 7.22. The Kier molecular flexibility index (Phi) is 5.09. The monoisotopic (exact) mass is 286 g/mol. The molecule has 0 spiro atoms. The van der Waals surface area contributed by atoms with Gasteiger partial charge in [-0.25, -0.2) is 9.97 Å². The number of hydrogen-bond donors (Lipinski definition) is 2. The van der Waals surface area contributed by atoms with Crippen LogP contribution in [0.1, 0.15) is 23.7 Å². The molecule has 0 bridgehead atoms. The van der Waals surface area contributed by atoms with Crippen molar-refractivity contribution in [3.63, 3.8) is 0 Å². The third kappa shape index (κ3) is 3.92. The Labute approximate surface area is 123 Å². The van der Waals surface area contributed by atoms with Crippen molar-refractivity contribution in [2.75, 3.05) is 24.3 Å². The number of benzene rings is 1. The highest BCUT2D eigenvalue weighted by Gasteiger charge is 2.10. The standard InChI is InChI=1S/C15H18N4O2/c1-3-8-16-15-17-9-11(10-18-15)14(20)19-12-6-4-5-7-13(12)21-2/h4-7,9-10H,3,8H2,1-2H3,(H,19,20)(H,16,17,18). The number of nitrogens with zero attached hydrogens (tertiary/aromatic N) is 2. The predicted molar refractivity (Wildman–Crippen MR) is 81.8 cm³/mol. The van der Waals surface area contributed by atoms with Crippen LogP contribution >= 0.6 is 0 Å². The lowest BCUT2D eigenvalue weighted by Crippen LogP contribution is -2.14. The largest absolute Gasteiger partial charge is 0.495 e. The summed E-state index contributed by atoms with van der Waals surface area (Å²) < 4.78 is 5.19. The number of rotatable bonds is 6. The average molecular weight is 286 g/mol. The quantitative estimate of drug-likeness (QED) is 0.853. The van der Waals surface area contributed by atoms with E-state index in [2.05, 4.69) is 27.5 Å². The van der Waals surface area contributed by atoms with Gasteiger partial charge in [0.15, 0.2) is 0 Å². The minimum absolute atomic E-state index is 0.276. The van der Waals surface area contributed by atoms with E-state index in [9.17, 15) is 4.79 Å². The zero-order chi connectivity index (χ0) is 15.1. The molecular formula is C15H18N4O2. The summed E-state index contributed by atoms with van der Waals surface area (Å²) >= 11 is 0. The van der Waals surface area contributed by atoms with Gasteiger partial charge < -0.3 is 15.4 Å². The van der Waals surface area contributed by atoms with Crippen LogP contribution in [0.2, 0.25) is 0 Å². The Morgan fingerprint density at radius 3 is 2.62 bits per heavy atom. The van der Waals surface area contributed by atoms with Gasteiger partial charge in [-0.15, -0.1) is 0 Å². The first-order valence-electron chi connectivity index (χ1n) is 6.75. The zero-order valence-corrected chi connectivity index (χ0v) is 12.1. The topological polar surface area (TPSA) is 76.1 Å². The van der Waals surface area contributed by atoms with Gasteiger partial charge in [-0.05, 0) is 18.6 Å².